The Balaban J connectivity index is 1.66. The van der Waals surface area contributed by atoms with Crippen LogP contribution in [-0.2, 0) is 19.4 Å². The van der Waals surface area contributed by atoms with E-state index in [0.717, 1.165) is 53.6 Å². The molecule has 0 amide bonds. The average Bonchev–Trinajstić information content (AvgIpc) is 3.16. The van der Waals surface area contributed by atoms with E-state index in [-0.39, 0.29) is 5.63 Å². The fourth-order valence-electron chi connectivity index (χ4n) is 4.57. The molecule has 0 spiro atoms. The molecule has 2 aromatic carbocycles. The zero-order chi connectivity index (χ0) is 18.7. The van der Waals surface area contributed by atoms with E-state index < -0.39 is 0 Å². The lowest BCUT2D eigenvalue weighted by atomic mass is 9.98. The Kier molecular flexibility index (Phi) is 3.58. The summed E-state index contributed by atoms with van der Waals surface area (Å²) in [6.07, 6.45) is 2.81. The van der Waals surface area contributed by atoms with Crippen LogP contribution in [0.5, 0.6) is 5.75 Å². The van der Waals surface area contributed by atoms with Crippen LogP contribution in [0.1, 0.15) is 39.8 Å². The minimum atomic E-state index is -0.175. The number of hydrogen-bond donors (Lipinski definition) is 0. The van der Waals surface area contributed by atoms with E-state index in [1.807, 2.05) is 6.92 Å². The molecule has 138 valence electrons. The maximum Gasteiger partial charge on any atom is 0.339 e. The first-order valence-corrected chi connectivity index (χ1v) is 9.59. The number of ether oxygens (including phenoxy) is 1. The van der Waals surface area contributed by atoms with Crippen molar-refractivity contribution in [2.75, 3.05) is 11.6 Å². The number of aryl methyl sites for hydroxylation is 3. The summed E-state index contributed by atoms with van der Waals surface area (Å²) in [6.45, 7) is 7.59. The maximum absolute atomic E-state index is 12.3. The molecule has 1 aliphatic carbocycles. The SMILES string of the molecule is Cc1cccc(N2COc3c(cc4c5c(c(=O)oc4c3C)CCC5)C2)c1C. The molecule has 27 heavy (non-hydrogen) atoms. The third-order valence-electron chi connectivity index (χ3n) is 6.16. The lowest BCUT2D eigenvalue weighted by Crippen LogP contribution is -2.33. The van der Waals surface area contributed by atoms with Gasteiger partial charge in [0.1, 0.15) is 11.3 Å². The van der Waals surface area contributed by atoms with Gasteiger partial charge in [-0.2, -0.15) is 0 Å². The van der Waals surface area contributed by atoms with E-state index in [1.165, 1.54) is 22.4 Å². The highest BCUT2D eigenvalue weighted by molar-refractivity contribution is 5.88. The fraction of sp³-hybridized carbons (Fsp3) is 0.348. The molecule has 0 radical (unpaired) electrons. The van der Waals surface area contributed by atoms with Gasteiger partial charge >= 0.3 is 5.63 Å². The topological polar surface area (TPSA) is 42.7 Å². The smallest absolute Gasteiger partial charge is 0.339 e. The Morgan fingerprint density at radius 3 is 2.70 bits per heavy atom. The molecule has 0 N–H and O–H groups in total. The van der Waals surface area contributed by atoms with Gasteiger partial charge in [0, 0.05) is 34.3 Å². The molecule has 4 heteroatoms. The molecule has 0 bridgehead atoms. The van der Waals surface area contributed by atoms with Crippen LogP contribution in [0.15, 0.2) is 33.5 Å². The number of hydrogen-bond acceptors (Lipinski definition) is 4. The minimum Gasteiger partial charge on any atom is -0.472 e. The van der Waals surface area contributed by atoms with E-state index in [4.69, 9.17) is 9.15 Å². The number of nitrogens with zero attached hydrogens (tertiary/aromatic N) is 1. The van der Waals surface area contributed by atoms with Gasteiger partial charge in [-0.25, -0.2) is 4.79 Å². The van der Waals surface area contributed by atoms with Crippen molar-refractivity contribution in [3.05, 3.63) is 68.1 Å². The van der Waals surface area contributed by atoms with Crippen LogP contribution in [0.4, 0.5) is 5.69 Å². The number of anilines is 1. The standard InChI is InChI=1S/C23H23NO3/c1-13-6-4-9-20(14(13)2)24-11-16-10-19-17-7-5-8-18(17)23(25)27-22(19)15(3)21(16)26-12-24/h4,6,9-10H,5,7-8,11-12H2,1-3H3. The highest BCUT2D eigenvalue weighted by atomic mass is 16.5. The van der Waals surface area contributed by atoms with Crippen molar-refractivity contribution in [1.29, 1.82) is 0 Å². The minimum absolute atomic E-state index is 0.175. The van der Waals surface area contributed by atoms with Crippen LogP contribution in [0, 0.1) is 20.8 Å². The molecule has 2 aliphatic rings. The van der Waals surface area contributed by atoms with Gasteiger partial charge in [0.2, 0.25) is 0 Å². The Hall–Kier alpha value is -2.75. The van der Waals surface area contributed by atoms with Crippen molar-refractivity contribution in [3.8, 4) is 5.75 Å². The predicted molar refractivity (Wildman–Crippen MR) is 107 cm³/mol. The summed E-state index contributed by atoms with van der Waals surface area (Å²) in [4.78, 5) is 14.6. The third kappa shape index (κ3) is 2.39. The Labute approximate surface area is 158 Å². The van der Waals surface area contributed by atoms with E-state index in [0.29, 0.717) is 12.3 Å². The number of fused-ring (bicyclic) bond motifs is 4. The van der Waals surface area contributed by atoms with Gasteiger partial charge in [-0.15, -0.1) is 0 Å². The predicted octanol–water partition coefficient (Wildman–Crippen LogP) is 4.56. The highest BCUT2D eigenvalue weighted by Gasteiger charge is 2.26. The molecule has 4 nitrogen and oxygen atoms in total. The van der Waals surface area contributed by atoms with Crippen molar-refractivity contribution in [2.24, 2.45) is 0 Å². The zero-order valence-electron chi connectivity index (χ0n) is 16.0. The quantitative estimate of drug-likeness (QED) is 0.596. The van der Waals surface area contributed by atoms with Gasteiger partial charge in [0.15, 0.2) is 6.73 Å². The van der Waals surface area contributed by atoms with Crippen LogP contribution in [0.2, 0.25) is 0 Å². The molecule has 1 aliphatic heterocycles. The first-order valence-electron chi connectivity index (χ1n) is 9.59. The summed E-state index contributed by atoms with van der Waals surface area (Å²) in [7, 11) is 0. The van der Waals surface area contributed by atoms with Crippen molar-refractivity contribution in [2.45, 2.75) is 46.6 Å². The van der Waals surface area contributed by atoms with Gasteiger partial charge in [0.05, 0.1) is 0 Å². The van der Waals surface area contributed by atoms with Crippen LogP contribution >= 0.6 is 0 Å². The maximum atomic E-state index is 12.3. The summed E-state index contributed by atoms with van der Waals surface area (Å²) in [5.41, 5.74) is 8.45. The highest BCUT2D eigenvalue weighted by Crippen LogP contribution is 2.39. The molecule has 1 aromatic heterocycles. The molecule has 0 saturated heterocycles. The Morgan fingerprint density at radius 2 is 1.85 bits per heavy atom. The molecular weight excluding hydrogens is 338 g/mol. The number of rotatable bonds is 1. The van der Waals surface area contributed by atoms with Crippen LogP contribution in [0.25, 0.3) is 11.0 Å². The lowest BCUT2D eigenvalue weighted by Gasteiger charge is -2.33. The normalized spacial score (nSPS) is 15.6. The lowest BCUT2D eigenvalue weighted by molar-refractivity contribution is 0.287. The second-order valence-electron chi connectivity index (χ2n) is 7.76. The monoisotopic (exact) mass is 361 g/mol. The van der Waals surface area contributed by atoms with Crippen LogP contribution < -0.4 is 15.3 Å². The summed E-state index contributed by atoms with van der Waals surface area (Å²) in [6, 6.07) is 8.57. The van der Waals surface area contributed by atoms with Crippen molar-refractivity contribution in [3.63, 3.8) is 0 Å². The second-order valence-corrected chi connectivity index (χ2v) is 7.76. The van der Waals surface area contributed by atoms with Crippen molar-refractivity contribution < 1.29 is 9.15 Å². The largest absolute Gasteiger partial charge is 0.472 e. The fourth-order valence-corrected chi connectivity index (χ4v) is 4.57. The van der Waals surface area contributed by atoms with Gasteiger partial charge in [-0.3, -0.25) is 0 Å². The Bertz CT molecular complexity index is 1140. The molecule has 5 rings (SSSR count). The second kappa shape index (κ2) is 5.88. The Morgan fingerprint density at radius 1 is 1.04 bits per heavy atom. The van der Waals surface area contributed by atoms with Gasteiger partial charge < -0.3 is 14.1 Å². The van der Waals surface area contributed by atoms with E-state index in [2.05, 4.69) is 43.0 Å². The first kappa shape index (κ1) is 16.4. The van der Waals surface area contributed by atoms with E-state index in [9.17, 15) is 4.79 Å². The molecule has 0 unspecified atom stereocenters. The van der Waals surface area contributed by atoms with E-state index in [1.54, 1.807) is 0 Å². The summed E-state index contributed by atoms with van der Waals surface area (Å²) in [5.74, 6) is 0.866. The van der Waals surface area contributed by atoms with Gasteiger partial charge in [0.25, 0.3) is 0 Å². The summed E-state index contributed by atoms with van der Waals surface area (Å²) in [5, 5.41) is 1.09. The molecule has 0 atom stereocenters. The first-order chi connectivity index (χ1) is 13.0. The van der Waals surface area contributed by atoms with Crippen LogP contribution in [-0.4, -0.2) is 6.73 Å². The zero-order valence-corrected chi connectivity index (χ0v) is 16.0. The molecular formula is C23H23NO3. The van der Waals surface area contributed by atoms with Gasteiger partial charge in [-0.1, -0.05) is 12.1 Å². The molecule has 0 fully saturated rings. The average molecular weight is 361 g/mol. The molecule has 0 saturated carbocycles. The van der Waals surface area contributed by atoms with Crippen molar-refractivity contribution in [1.82, 2.24) is 0 Å². The van der Waals surface area contributed by atoms with E-state index >= 15 is 0 Å². The van der Waals surface area contributed by atoms with Gasteiger partial charge in [-0.05, 0) is 68.9 Å². The summed E-state index contributed by atoms with van der Waals surface area (Å²) < 4.78 is 11.8. The van der Waals surface area contributed by atoms with Crippen LogP contribution in [0.3, 0.4) is 0 Å². The van der Waals surface area contributed by atoms with Crippen molar-refractivity contribution >= 4 is 16.7 Å². The number of benzene rings is 2. The summed E-state index contributed by atoms with van der Waals surface area (Å²) >= 11 is 0. The molecule has 3 aromatic rings. The molecule has 2 heterocycles. The third-order valence-corrected chi connectivity index (χ3v) is 6.16.